The molecule has 2 amide bonds. The molecule has 1 aliphatic rings. The van der Waals surface area contributed by atoms with Crippen molar-refractivity contribution in [3.05, 3.63) is 63.6 Å². The van der Waals surface area contributed by atoms with Crippen LogP contribution in [-0.2, 0) is 9.59 Å². The number of amides is 2. The first kappa shape index (κ1) is 22.4. The third kappa shape index (κ3) is 5.45. The van der Waals surface area contributed by atoms with Crippen LogP contribution in [-0.4, -0.2) is 54.1 Å². The number of rotatable bonds is 5. The van der Waals surface area contributed by atoms with Crippen LogP contribution >= 0.6 is 35.0 Å². The molecule has 1 aliphatic heterocycles. The molecule has 8 heteroatoms. The summed E-state index contributed by atoms with van der Waals surface area (Å²) < 4.78 is 0. The maximum absolute atomic E-state index is 12.4. The lowest BCUT2D eigenvalue weighted by molar-refractivity contribution is -0.135. The summed E-state index contributed by atoms with van der Waals surface area (Å²) in [7, 11) is 0. The molecule has 0 aromatic heterocycles. The number of aldehydes is 1. The van der Waals surface area contributed by atoms with Crippen molar-refractivity contribution in [2.24, 2.45) is 0 Å². The zero-order chi connectivity index (χ0) is 21.7. The molecule has 2 aromatic carbocycles. The van der Waals surface area contributed by atoms with Gasteiger partial charge in [0.15, 0.2) is 6.29 Å². The predicted octanol–water partition coefficient (Wildman–Crippen LogP) is 4.66. The molecule has 0 N–H and O–H groups in total. The van der Waals surface area contributed by atoms with Gasteiger partial charge < -0.3 is 9.80 Å². The first-order valence-electron chi connectivity index (χ1n) is 9.32. The number of carbonyl (C=O) groups is 3. The van der Waals surface area contributed by atoms with Gasteiger partial charge in [0, 0.05) is 54.5 Å². The minimum Gasteiger partial charge on any atom is -0.339 e. The van der Waals surface area contributed by atoms with Crippen LogP contribution in [0.2, 0.25) is 10.0 Å². The lowest BCUT2D eigenvalue weighted by atomic mass is 10.2. The second-order valence-electron chi connectivity index (χ2n) is 6.73. The number of hydrogen-bond acceptors (Lipinski definition) is 4. The summed E-state index contributed by atoms with van der Waals surface area (Å²) in [6.45, 7) is 3.70. The molecule has 30 heavy (non-hydrogen) atoms. The highest BCUT2D eigenvalue weighted by Gasteiger charge is 2.20. The zero-order valence-corrected chi connectivity index (χ0v) is 18.6. The Labute approximate surface area is 189 Å². The number of benzene rings is 2. The van der Waals surface area contributed by atoms with Crippen molar-refractivity contribution in [3.8, 4) is 0 Å². The fourth-order valence-electron chi connectivity index (χ4n) is 3.06. The van der Waals surface area contributed by atoms with Gasteiger partial charge >= 0.3 is 0 Å². The molecule has 3 rings (SSSR count). The first-order chi connectivity index (χ1) is 14.4. The summed E-state index contributed by atoms with van der Waals surface area (Å²) in [4.78, 5) is 40.1. The molecule has 1 saturated heterocycles. The highest BCUT2D eigenvalue weighted by molar-refractivity contribution is 7.99. The molecular weight excluding hydrogens is 443 g/mol. The van der Waals surface area contributed by atoms with Gasteiger partial charge in [-0.2, -0.15) is 0 Å². The summed E-state index contributed by atoms with van der Waals surface area (Å²) >= 11 is 13.9. The van der Waals surface area contributed by atoms with Crippen molar-refractivity contribution >= 4 is 59.1 Å². The fraction of sp³-hybridized carbons (Fsp3) is 0.227. The van der Waals surface area contributed by atoms with Crippen molar-refractivity contribution in [2.75, 3.05) is 26.2 Å². The van der Waals surface area contributed by atoms with E-state index in [1.165, 1.54) is 24.8 Å². The molecule has 0 spiro atoms. The summed E-state index contributed by atoms with van der Waals surface area (Å²) in [5.74, 6) is -0.0643. The number of hydrogen-bond donors (Lipinski definition) is 0. The minimum atomic E-state index is -0.0951. The van der Waals surface area contributed by atoms with E-state index in [4.69, 9.17) is 23.2 Å². The molecule has 1 heterocycles. The molecule has 156 valence electrons. The fourth-order valence-corrected chi connectivity index (χ4v) is 4.58. The van der Waals surface area contributed by atoms with Gasteiger partial charge in [0.1, 0.15) is 0 Å². The third-order valence-electron chi connectivity index (χ3n) is 4.76. The average Bonchev–Trinajstić information content (AvgIpc) is 2.74. The lowest BCUT2D eigenvalue weighted by Gasteiger charge is -2.33. The lowest BCUT2D eigenvalue weighted by Crippen LogP contribution is -2.49. The summed E-state index contributed by atoms with van der Waals surface area (Å²) in [5, 5.41) is 0.912. The van der Waals surface area contributed by atoms with E-state index < -0.39 is 0 Å². The molecule has 0 aliphatic carbocycles. The minimum absolute atomic E-state index is 0.0308. The molecule has 2 aromatic rings. The quantitative estimate of drug-likeness (QED) is 0.478. The summed E-state index contributed by atoms with van der Waals surface area (Å²) in [6.07, 6.45) is 3.97. The Morgan fingerprint density at radius 2 is 1.67 bits per heavy atom. The van der Waals surface area contributed by atoms with Crippen LogP contribution in [0.1, 0.15) is 22.8 Å². The van der Waals surface area contributed by atoms with E-state index in [0.717, 1.165) is 21.6 Å². The monoisotopic (exact) mass is 462 g/mol. The van der Waals surface area contributed by atoms with Gasteiger partial charge in [-0.15, -0.1) is 0 Å². The Kier molecular flexibility index (Phi) is 7.58. The summed E-state index contributed by atoms with van der Waals surface area (Å²) in [5.41, 5.74) is 1.22. The third-order valence-corrected chi connectivity index (χ3v) is 6.67. The number of nitrogens with zero attached hydrogens (tertiary/aromatic N) is 2. The van der Waals surface area contributed by atoms with E-state index in [2.05, 4.69) is 0 Å². The van der Waals surface area contributed by atoms with Crippen LogP contribution in [0, 0.1) is 0 Å². The van der Waals surface area contributed by atoms with E-state index in [0.29, 0.717) is 41.8 Å². The second kappa shape index (κ2) is 10.2. The van der Waals surface area contributed by atoms with Crippen LogP contribution < -0.4 is 0 Å². The Balaban J connectivity index is 1.66. The predicted molar refractivity (Wildman–Crippen MR) is 120 cm³/mol. The average molecular weight is 463 g/mol. The molecule has 5 nitrogen and oxygen atoms in total. The maximum atomic E-state index is 12.4. The van der Waals surface area contributed by atoms with Crippen molar-refractivity contribution in [1.82, 2.24) is 9.80 Å². The zero-order valence-electron chi connectivity index (χ0n) is 16.3. The topological polar surface area (TPSA) is 57.7 Å². The molecule has 0 saturated carbocycles. The maximum Gasteiger partial charge on any atom is 0.246 e. The molecule has 0 unspecified atom stereocenters. The van der Waals surface area contributed by atoms with Crippen LogP contribution in [0.25, 0.3) is 6.08 Å². The van der Waals surface area contributed by atoms with E-state index >= 15 is 0 Å². The Hall–Kier alpha value is -2.28. The number of halogens is 2. The second-order valence-corrected chi connectivity index (χ2v) is 8.62. The Morgan fingerprint density at radius 1 is 0.967 bits per heavy atom. The largest absolute Gasteiger partial charge is 0.339 e. The first-order valence-corrected chi connectivity index (χ1v) is 10.9. The number of piperazine rings is 1. The van der Waals surface area contributed by atoms with Crippen molar-refractivity contribution in [2.45, 2.75) is 16.7 Å². The van der Waals surface area contributed by atoms with Gasteiger partial charge in [0.05, 0.1) is 10.0 Å². The Morgan fingerprint density at radius 3 is 2.30 bits per heavy atom. The van der Waals surface area contributed by atoms with Gasteiger partial charge in [-0.1, -0.05) is 47.1 Å². The standard InChI is InChI=1S/C22H20Cl2N2O3S/c1-15(28)25-9-11-26(12-10-25)22(29)8-6-16-5-7-21(19(24)13-16)30-20-4-2-3-18(23)17(20)14-27/h2-8,13-14H,9-12H2,1H3. The van der Waals surface area contributed by atoms with Crippen molar-refractivity contribution in [3.63, 3.8) is 0 Å². The van der Waals surface area contributed by atoms with E-state index in [-0.39, 0.29) is 11.8 Å². The molecule has 1 fully saturated rings. The smallest absolute Gasteiger partial charge is 0.246 e. The highest BCUT2D eigenvalue weighted by Crippen LogP contribution is 2.37. The highest BCUT2D eigenvalue weighted by atomic mass is 35.5. The molecular formula is C22H20Cl2N2O3S. The van der Waals surface area contributed by atoms with Crippen LogP contribution in [0.5, 0.6) is 0 Å². The van der Waals surface area contributed by atoms with Gasteiger partial charge in [-0.3, -0.25) is 14.4 Å². The van der Waals surface area contributed by atoms with E-state index in [1.54, 1.807) is 34.1 Å². The molecule has 0 radical (unpaired) electrons. The molecule has 0 atom stereocenters. The number of carbonyl (C=O) groups excluding carboxylic acids is 3. The van der Waals surface area contributed by atoms with E-state index in [1.807, 2.05) is 18.2 Å². The van der Waals surface area contributed by atoms with Crippen molar-refractivity contribution < 1.29 is 14.4 Å². The summed E-state index contributed by atoms with van der Waals surface area (Å²) in [6, 6.07) is 10.7. The van der Waals surface area contributed by atoms with E-state index in [9.17, 15) is 14.4 Å². The van der Waals surface area contributed by atoms with Crippen LogP contribution in [0.4, 0.5) is 0 Å². The van der Waals surface area contributed by atoms with Gasteiger partial charge in [-0.05, 0) is 35.9 Å². The molecule has 0 bridgehead atoms. The SMILES string of the molecule is CC(=O)N1CCN(C(=O)C=Cc2ccc(Sc3cccc(Cl)c3C=O)c(Cl)c2)CC1. The van der Waals surface area contributed by atoms with Crippen LogP contribution in [0.3, 0.4) is 0 Å². The normalized spacial score (nSPS) is 14.2. The Bertz CT molecular complexity index is 1000. The van der Waals surface area contributed by atoms with Crippen molar-refractivity contribution in [1.29, 1.82) is 0 Å². The van der Waals surface area contributed by atoms with Gasteiger partial charge in [0.2, 0.25) is 11.8 Å². The van der Waals surface area contributed by atoms with Gasteiger partial charge in [0.25, 0.3) is 0 Å². The van der Waals surface area contributed by atoms with Crippen LogP contribution in [0.15, 0.2) is 52.3 Å². The van der Waals surface area contributed by atoms with Gasteiger partial charge in [-0.25, -0.2) is 0 Å².